The third kappa shape index (κ3) is 2.10. The van der Waals surface area contributed by atoms with Crippen LogP contribution < -0.4 is 11.2 Å². The van der Waals surface area contributed by atoms with Crippen molar-refractivity contribution in [3.63, 3.8) is 0 Å². The molecule has 3 N–H and O–H groups in total. The lowest BCUT2D eigenvalue weighted by Gasteiger charge is -2.35. The summed E-state index contributed by atoms with van der Waals surface area (Å²) in [6.45, 7) is 4.83. The highest BCUT2D eigenvalue weighted by Gasteiger charge is 2.67. The highest BCUT2D eigenvalue weighted by molar-refractivity contribution is 5.70. The predicted molar refractivity (Wildman–Crippen MR) is 103 cm³/mol. The van der Waals surface area contributed by atoms with Gasteiger partial charge in [0.1, 0.15) is 11.3 Å². The Labute approximate surface area is 162 Å². The van der Waals surface area contributed by atoms with Crippen LogP contribution >= 0.6 is 0 Å². The zero-order chi connectivity index (χ0) is 19.8. The molecule has 6 rings (SSSR count). The molecule has 0 radical (unpaired) electrons. The van der Waals surface area contributed by atoms with Gasteiger partial charge in [-0.2, -0.15) is 0 Å². The van der Waals surface area contributed by atoms with Crippen molar-refractivity contribution >= 4 is 11.2 Å². The van der Waals surface area contributed by atoms with Gasteiger partial charge in [-0.05, 0) is 43.9 Å². The van der Waals surface area contributed by atoms with E-state index in [2.05, 4.69) is 4.98 Å². The van der Waals surface area contributed by atoms with Crippen LogP contribution in [0, 0.1) is 17.8 Å². The average Bonchev–Trinajstić information content (AvgIpc) is 3.31. The predicted octanol–water partition coefficient (Wildman–Crippen LogP) is 0.726. The Balaban J connectivity index is 1.71. The third-order valence-corrected chi connectivity index (χ3v) is 7.49. The lowest BCUT2D eigenvalue weighted by molar-refractivity contribution is -0.0483. The molecule has 28 heavy (non-hydrogen) atoms. The first-order valence-electron chi connectivity index (χ1n) is 10.5. The standard InChI is InChI=1S/C20H28N4O4/c1-3-5-23-16-13(17(27)24(6-4-2)19(23)28)21-18(22-16)20-8-10-7-12(20)15(26)11(9-20)14(10)25/h10-12,14-15,25-26H,3-9H2,1-2H3,(H,21,22)/t10-,11?,12-,14?,15+,20?/m1/s1. The zero-order valence-corrected chi connectivity index (χ0v) is 16.4. The first-order chi connectivity index (χ1) is 13.4. The van der Waals surface area contributed by atoms with Crippen LogP contribution in [0.1, 0.15) is 51.8 Å². The maximum atomic E-state index is 13.0. The lowest BCUT2D eigenvalue weighted by atomic mass is 9.73. The van der Waals surface area contributed by atoms with Gasteiger partial charge in [0, 0.05) is 24.4 Å². The maximum absolute atomic E-state index is 13.0. The summed E-state index contributed by atoms with van der Waals surface area (Å²) in [6.07, 6.45) is 2.73. The second-order valence-corrected chi connectivity index (χ2v) is 8.99. The Morgan fingerprint density at radius 1 is 1.11 bits per heavy atom. The quantitative estimate of drug-likeness (QED) is 0.699. The van der Waals surface area contributed by atoms with Crippen LogP contribution in [0.3, 0.4) is 0 Å². The van der Waals surface area contributed by atoms with Gasteiger partial charge in [-0.15, -0.1) is 0 Å². The van der Waals surface area contributed by atoms with Gasteiger partial charge in [0.15, 0.2) is 5.65 Å². The Bertz CT molecular complexity index is 1050. The number of nitrogens with one attached hydrogen (secondary N) is 1. The topological polar surface area (TPSA) is 113 Å². The van der Waals surface area contributed by atoms with Crippen molar-refractivity contribution in [1.29, 1.82) is 0 Å². The molecule has 4 fully saturated rings. The number of aromatic nitrogens is 4. The van der Waals surface area contributed by atoms with E-state index in [9.17, 15) is 19.8 Å². The van der Waals surface area contributed by atoms with Gasteiger partial charge in [0.2, 0.25) is 0 Å². The first kappa shape index (κ1) is 18.1. The molecule has 8 nitrogen and oxygen atoms in total. The van der Waals surface area contributed by atoms with Crippen LogP contribution in [0.15, 0.2) is 9.59 Å². The summed E-state index contributed by atoms with van der Waals surface area (Å²) in [6, 6.07) is 0. The highest BCUT2D eigenvalue weighted by atomic mass is 16.3. The molecular weight excluding hydrogens is 360 g/mol. The number of aromatic amines is 1. The van der Waals surface area contributed by atoms with Gasteiger partial charge in [0.05, 0.1) is 12.2 Å². The van der Waals surface area contributed by atoms with Gasteiger partial charge < -0.3 is 15.2 Å². The molecule has 0 aliphatic heterocycles. The van der Waals surface area contributed by atoms with Crippen molar-refractivity contribution in [2.75, 3.05) is 0 Å². The van der Waals surface area contributed by atoms with Crippen molar-refractivity contribution < 1.29 is 10.2 Å². The second-order valence-electron chi connectivity index (χ2n) is 8.99. The monoisotopic (exact) mass is 388 g/mol. The molecule has 0 spiro atoms. The highest BCUT2D eigenvalue weighted by Crippen LogP contribution is 2.65. The molecule has 6 atom stereocenters. The zero-order valence-electron chi connectivity index (χ0n) is 16.4. The minimum Gasteiger partial charge on any atom is -0.392 e. The molecule has 152 valence electrons. The molecule has 8 heteroatoms. The fourth-order valence-electron chi connectivity index (χ4n) is 6.34. The number of nitrogens with zero attached hydrogens (tertiary/aromatic N) is 3. The Morgan fingerprint density at radius 3 is 2.54 bits per heavy atom. The van der Waals surface area contributed by atoms with Crippen LogP contribution in [-0.4, -0.2) is 41.5 Å². The minimum absolute atomic E-state index is 0.0516. The van der Waals surface area contributed by atoms with Crippen LogP contribution in [0.5, 0.6) is 0 Å². The summed E-state index contributed by atoms with van der Waals surface area (Å²) >= 11 is 0. The van der Waals surface area contributed by atoms with Gasteiger partial charge in [-0.25, -0.2) is 9.78 Å². The van der Waals surface area contributed by atoms with E-state index in [4.69, 9.17) is 4.98 Å². The number of aryl methyl sites for hydroxylation is 1. The van der Waals surface area contributed by atoms with Crippen molar-refractivity contribution in [2.24, 2.45) is 17.8 Å². The molecule has 2 aromatic heterocycles. The van der Waals surface area contributed by atoms with Gasteiger partial charge in [-0.1, -0.05) is 13.8 Å². The summed E-state index contributed by atoms with van der Waals surface area (Å²) in [5.41, 5.74) is -0.142. The smallest absolute Gasteiger partial charge is 0.332 e. The molecule has 2 aromatic rings. The number of H-pyrrole nitrogens is 1. The number of hydrogen-bond acceptors (Lipinski definition) is 5. The fraction of sp³-hybridized carbons (Fsp3) is 0.750. The van der Waals surface area contributed by atoms with E-state index in [1.807, 2.05) is 13.8 Å². The van der Waals surface area contributed by atoms with Crippen molar-refractivity contribution in [3.05, 3.63) is 26.7 Å². The number of rotatable bonds is 5. The molecule has 4 aliphatic carbocycles. The van der Waals surface area contributed by atoms with E-state index in [1.165, 1.54) is 4.57 Å². The summed E-state index contributed by atoms with van der Waals surface area (Å²) in [5.74, 6) is 0.810. The van der Waals surface area contributed by atoms with Gasteiger partial charge in [0.25, 0.3) is 5.56 Å². The normalized spacial score (nSPS) is 36.1. The fourth-order valence-corrected chi connectivity index (χ4v) is 6.34. The molecule has 3 unspecified atom stereocenters. The van der Waals surface area contributed by atoms with Crippen molar-refractivity contribution in [1.82, 2.24) is 19.1 Å². The second kappa shape index (κ2) is 6.03. The van der Waals surface area contributed by atoms with Crippen molar-refractivity contribution in [2.45, 2.75) is 76.7 Å². The van der Waals surface area contributed by atoms with Crippen LogP contribution in [-0.2, 0) is 18.5 Å². The third-order valence-electron chi connectivity index (χ3n) is 7.49. The summed E-state index contributed by atoms with van der Waals surface area (Å²) in [4.78, 5) is 33.9. The lowest BCUT2D eigenvalue weighted by Crippen LogP contribution is -2.40. The Hall–Kier alpha value is -1.93. The number of aliphatic hydroxyl groups excluding tert-OH is 2. The van der Waals surface area contributed by atoms with E-state index in [0.717, 1.165) is 19.3 Å². The van der Waals surface area contributed by atoms with Gasteiger partial charge >= 0.3 is 5.69 Å². The first-order valence-corrected chi connectivity index (χ1v) is 10.5. The molecular formula is C20H28N4O4. The molecule has 2 heterocycles. The summed E-state index contributed by atoms with van der Waals surface area (Å²) in [5, 5.41) is 21.2. The minimum atomic E-state index is -0.531. The molecule has 0 saturated heterocycles. The molecule has 4 saturated carbocycles. The maximum Gasteiger partial charge on any atom is 0.332 e. The number of imidazole rings is 1. The number of hydrogen-bond donors (Lipinski definition) is 3. The summed E-state index contributed by atoms with van der Waals surface area (Å²) < 4.78 is 2.91. The number of aliphatic hydroxyl groups is 2. The van der Waals surface area contributed by atoms with E-state index in [1.54, 1.807) is 4.57 Å². The number of fused-ring (bicyclic) bond motifs is 1. The summed E-state index contributed by atoms with van der Waals surface area (Å²) in [7, 11) is 0. The molecule has 0 aromatic carbocycles. The Kier molecular flexibility index (Phi) is 3.90. The Morgan fingerprint density at radius 2 is 1.82 bits per heavy atom. The van der Waals surface area contributed by atoms with Gasteiger partial charge in [-0.3, -0.25) is 13.9 Å². The largest absolute Gasteiger partial charge is 0.392 e. The molecule has 0 amide bonds. The van der Waals surface area contributed by atoms with E-state index < -0.39 is 12.2 Å². The average molecular weight is 388 g/mol. The van der Waals surface area contributed by atoms with E-state index in [-0.39, 0.29) is 34.4 Å². The van der Waals surface area contributed by atoms with Crippen LogP contribution in [0.25, 0.3) is 11.2 Å². The molecule has 4 bridgehead atoms. The van der Waals surface area contributed by atoms with Crippen LogP contribution in [0.4, 0.5) is 0 Å². The van der Waals surface area contributed by atoms with E-state index in [0.29, 0.717) is 42.9 Å². The molecule has 4 aliphatic rings. The van der Waals surface area contributed by atoms with E-state index >= 15 is 0 Å². The van der Waals surface area contributed by atoms with Crippen molar-refractivity contribution in [3.8, 4) is 0 Å². The van der Waals surface area contributed by atoms with Crippen LogP contribution in [0.2, 0.25) is 0 Å². The SMILES string of the molecule is CCCn1c(=O)c2[nH]c(C34CC5C(O)[C@H](C[C@@H]3[C@H]5O)C4)nc2n(CCC)c1=O.